The van der Waals surface area contributed by atoms with Crippen molar-refractivity contribution >= 4 is 46.1 Å². The number of aryl methyl sites for hydroxylation is 1. The molecular formula is C21H19ClF3N7O2S. The number of thiophene rings is 1. The van der Waals surface area contributed by atoms with Crippen LogP contribution in [0.2, 0.25) is 5.02 Å². The second-order valence-electron chi connectivity index (χ2n) is 7.36. The Morgan fingerprint density at radius 3 is 2.57 bits per heavy atom. The summed E-state index contributed by atoms with van der Waals surface area (Å²) < 4.78 is 43.4. The zero-order valence-electron chi connectivity index (χ0n) is 18.5. The molecule has 4 heterocycles. The molecule has 0 saturated heterocycles. The van der Waals surface area contributed by atoms with Crippen LogP contribution in [0.25, 0.3) is 16.2 Å². The molecule has 0 aliphatic rings. The number of carbonyl (C=O) groups excluding carboxylic acids is 2. The number of amides is 2. The van der Waals surface area contributed by atoms with E-state index in [-0.39, 0.29) is 27.7 Å². The van der Waals surface area contributed by atoms with Gasteiger partial charge in [-0.05, 0) is 30.9 Å². The number of aromatic nitrogens is 5. The second kappa shape index (κ2) is 9.66. The van der Waals surface area contributed by atoms with E-state index >= 15 is 0 Å². The molecule has 0 aromatic carbocycles. The molecule has 9 nitrogen and oxygen atoms in total. The first kappa shape index (κ1) is 24.7. The Morgan fingerprint density at radius 1 is 1.17 bits per heavy atom. The molecule has 0 fully saturated rings. The van der Waals surface area contributed by atoms with Crippen LogP contribution in [-0.2, 0) is 12.7 Å². The van der Waals surface area contributed by atoms with Crippen LogP contribution in [0.1, 0.15) is 46.9 Å². The van der Waals surface area contributed by atoms with E-state index in [1.54, 1.807) is 24.4 Å². The molecule has 35 heavy (non-hydrogen) atoms. The summed E-state index contributed by atoms with van der Waals surface area (Å²) in [6, 6.07) is 4.16. The lowest BCUT2D eigenvalue weighted by Gasteiger charge is -2.10. The predicted octanol–water partition coefficient (Wildman–Crippen LogP) is 4.74. The van der Waals surface area contributed by atoms with Crippen LogP contribution >= 0.6 is 22.9 Å². The Bertz CT molecular complexity index is 1400. The van der Waals surface area contributed by atoms with Crippen molar-refractivity contribution in [2.24, 2.45) is 0 Å². The first-order chi connectivity index (χ1) is 16.6. The number of nitrogens with one attached hydrogen (secondary N) is 2. The van der Waals surface area contributed by atoms with Crippen molar-refractivity contribution < 1.29 is 22.8 Å². The molecule has 0 spiro atoms. The lowest BCUT2D eigenvalue weighted by Crippen LogP contribution is -2.26. The first-order valence-corrected chi connectivity index (χ1v) is 11.8. The van der Waals surface area contributed by atoms with Crippen LogP contribution in [0, 0.1) is 0 Å². The third-order valence-electron chi connectivity index (χ3n) is 4.90. The molecule has 2 amide bonds. The minimum atomic E-state index is -4.79. The van der Waals surface area contributed by atoms with Crippen molar-refractivity contribution in [1.82, 2.24) is 29.7 Å². The van der Waals surface area contributed by atoms with Gasteiger partial charge in [0.05, 0.1) is 16.3 Å². The van der Waals surface area contributed by atoms with Crippen molar-refractivity contribution in [3.05, 3.63) is 51.9 Å². The highest BCUT2D eigenvalue weighted by Gasteiger charge is 2.37. The van der Waals surface area contributed by atoms with Gasteiger partial charge in [-0.2, -0.15) is 23.4 Å². The average molecular weight is 526 g/mol. The maximum absolute atomic E-state index is 13.8. The number of nitrogens with zero attached hydrogens (tertiary/aromatic N) is 5. The Kier molecular flexibility index (Phi) is 6.81. The summed E-state index contributed by atoms with van der Waals surface area (Å²) in [5, 5.41) is 14.5. The first-order valence-electron chi connectivity index (χ1n) is 10.5. The SMILES string of the molecule is CCCNC(=O)c1nn(CC)cc1NC(=O)c1nn2c(C(F)(F)F)cc(-c3cccs3)nc2c1Cl. The fourth-order valence-electron chi connectivity index (χ4n) is 3.24. The highest BCUT2D eigenvalue weighted by atomic mass is 35.5. The zero-order valence-corrected chi connectivity index (χ0v) is 20.1. The molecule has 2 N–H and O–H groups in total. The molecule has 184 valence electrons. The van der Waals surface area contributed by atoms with Gasteiger partial charge in [0, 0.05) is 19.3 Å². The highest BCUT2D eigenvalue weighted by Crippen LogP contribution is 2.35. The largest absolute Gasteiger partial charge is 0.433 e. The zero-order chi connectivity index (χ0) is 25.3. The number of fused-ring (bicyclic) bond motifs is 1. The van der Waals surface area contributed by atoms with E-state index in [4.69, 9.17) is 11.6 Å². The average Bonchev–Trinajstić information content (AvgIpc) is 3.55. The quantitative estimate of drug-likeness (QED) is 0.362. The molecular weight excluding hydrogens is 507 g/mol. The van der Waals surface area contributed by atoms with Crippen LogP contribution in [0.3, 0.4) is 0 Å². The molecule has 0 atom stereocenters. The normalized spacial score (nSPS) is 11.7. The number of halogens is 4. The van der Waals surface area contributed by atoms with Crippen molar-refractivity contribution in [3.63, 3.8) is 0 Å². The van der Waals surface area contributed by atoms with Gasteiger partial charge < -0.3 is 10.6 Å². The fraction of sp³-hybridized carbons (Fsp3) is 0.286. The summed E-state index contributed by atoms with van der Waals surface area (Å²) in [6.07, 6.45) is -2.65. The summed E-state index contributed by atoms with van der Waals surface area (Å²) in [7, 11) is 0. The van der Waals surface area contributed by atoms with Crippen LogP contribution in [0.4, 0.5) is 18.9 Å². The minimum absolute atomic E-state index is 0.0392. The third-order valence-corrected chi connectivity index (χ3v) is 6.14. The Balaban J connectivity index is 1.76. The van der Waals surface area contributed by atoms with E-state index < -0.39 is 29.4 Å². The van der Waals surface area contributed by atoms with Gasteiger partial charge >= 0.3 is 6.18 Å². The van der Waals surface area contributed by atoms with E-state index in [9.17, 15) is 22.8 Å². The molecule has 0 aliphatic carbocycles. The number of rotatable bonds is 7. The van der Waals surface area contributed by atoms with Gasteiger partial charge in [-0.25, -0.2) is 9.50 Å². The van der Waals surface area contributed by atoms with E-state index in [0.717, 1.165) is 6.07 Å². The van der Waals surface area contributed by atoms with Crippen LogP contribution in [0.5, 0.6) is 0 Å². The van der Waals surface area contributed by atoms with E-state index in [1.165, 1.54) is 22.2 Å². The maximum atomic E-state index is 13.8. The Morgan fingerprint density at radius 2 is 1.94 bits per heavy atom. The third kappa shape index (κ3) is 4.86. The molecule has 0 saturated carbocycles. The van der Waals surface area contributed by atoms with Crippen molar-refractivity contribution in [1.29, 1.82) is 0 Å². The van der Waals surface area contributed by atoms with Gasteiger partial charge in [-0.1, -0.05) is 24.6 Å². The summed E-state index contributed by atoms with van der Waals surface area (Å²) in [5.41, 5.74) is -1.85. The smallest absolute Gasteiger partial charge is 0.351 e. The van der Waals surface area contributed by atoms with Crippen LogP contribution in [-0.4, -0.2) is 42.7 Å². The van der Waals surface area contributed by atoms with E-state index in [2.05, 4.69) is 25.8 Å². The van der Waals surface area contributed by atoms with Gasteiger partial charge in [-0.3, -0.25) is 14.3 Å². The summed E-state index contributed by atoms with van der Waals surface area (Å²) >= 11 is 7.52. The topological polar surface area (TPSA) is 106 Å². The van der Waals surface area contributed by atoms with E-state index in [1.807, 2.05) is 6.92 Å². The minimum Gasteiger partial charge on any atom is -0.351 e. The van der Waals surface area contributed by atoms with Gasteiger partial charge in [0.1, 0.15) is 5.02 Å². The van der Waals surface area contributed by atoms with Crippen molar-refractivity contribution in [2.45, 2.75) is 33.0 Å². The molecule has 0 radical (unpaired) electrons. The standard InChI is InChI=1S/C21H19ClF3N7O2S/c1-3-7-26-19(33)16-12(10-31(4-2)29-16)28-20(34)17-15(22)18-27-11(13-6-5-8-35-13)9-14(21(23,24)25)32(18)30-17/h5-6,8-10H,3-4,7H2,1-2H3,(H,26,33)(H,28,34). The highest BCUT2D eigenvalue weighted by molar-refractivity contribution is 7.13. The van der Waals surface area contributed by atoms with Gasteiger partial charge in [-0.15, -0.1) is 11.3 Å². The molecule has 4 aromatic heterocycles. The summed E-state index contributed by atoms with van der Waals surface area (Å²) in [5.74, 6) is -1.41. The number of anilines is 1. The van der Waals surface area contributed by atoms with Crippen LogP contribution < -0.4 is 10.6 Å². The van der Waals surface area contributed by atoms with E-state index in [0.29, 0.717) is 28.9 Å². The maximum Gasteiger partial charge on any atom is 0.433 e. The number of carbonyl (C=O) groups is 2. The molecule has 4 aromatic rings. The molecule has 14 heteroatoms. The molecule has 0 bridgehead atoms. The lowest BCUT2D eigenvalue weighted by molar-refractivity contribution is -0.142. The van der Waals surface area contributed by atoms with Gasteiger partial charge in [0.2, 0.25) is 0 Å². The van der Waals surface area contributed by atoms with Gasteiger partial charge in [0.25, 0.3) is 11.8 Å². The summed E-state index contributed by atoms with van der Waals surface area (Å²) in [4.78, 5) is 30.2. The Labute approximate surface area is 205 Å². The molecule has 0 aliphatic heterocycles. The number of hydrogen-bond donors (Lipinski definition) is 2. The van der Waals surface area contributed by atoms with Crippen molar-refractivity contribution in [3.8, 4) is 10.6 Å². The second-order valence-corrected chi connectivity index (χ2v) is 8.68. The number of hydrogen-bond acceptors (Lipinski definition) is 6. The summed E-state index contributed by atoms with van der Waals surface area (Å²) in [6.45, 7) is 4.50. The molecule has 4 rings (SSSR count). The lowest BCUT2D eigenvalue weighted by atomic mass is 10.2. The monoisotopic (exact) mass is 525 g/mol. The Hall–Kier alpha value is -3.45. The molecule has 0 unspecified atom stereocenters. The van der Waals surface area contributed by atoms with Crippen LogP contribution in [0.15, 0.2) is 29.8 Å². The predicted molar refractivity (Wildman–Crippen MR) is 125 cm³/mol. The number of alkyl halides is 3. The van der Waals surface area contributed by atoms with Gasteiger partial charge in [0.15, 0.2) is 22.7 Å². The fourth-order valence-corrected chi connectivity index (χ4v) is 4.17. The van der Waals surface area contributed by atoms with Crippen molar-refractivity contribution in [2.75, 3.05) is 11.9 Å².